The van der Waals surface area contributed by atoms with Crippen LogP contribution in [-0.4, -0.2) is 45.0 Å². The zero-order chi connectivity index (χ0) is 14.7. The molecule has 2 atom stereocenters. The Hall–Kier alpha value is -1.65. The standard InChI is InChI=1S/C10H12FN3O5S/c11-5-1-14(10(17)13-9(5)12)6-4-20-8(19-6)3-18-2-7(15)16/h1,6,8H,2-4H2,(H,15,16)(H2,12,13,17)/t6-,8+/m1/s1. The van der Waals surface area contributed by atoms with Gasteiger partial charge in [-0.05, 0) is 0 Å². The van der Waals surface area contributed by atoms with Crippen LogP contribution in [0.15, 0.2) is 11.0 Å². The number of thioether (sulfide) groups is 1. The molecule has 8 nitrogen and oxygen atoms in total. The molecule has 2 rings (SSSR count). The maximum atomic E-state index is 13.3. The highest BCUT2D eigenvalue weighted by molar-refractivity contribution is 8.00. The first kappa shape index (κ1) is 14.8. The zero-order valence-corrected chi connectivity index (χ0v) is 11.0. The molecule has 1 fully saturated rings. The number of ether oxygens (including phenoxy) is 2. The summed E-state index contributed by atoms with van der Waals surface area (Å²) < 4.78 is 24.7. The highest BCUT2D eigenvalue weighted by atomic mass is 32.2. The fourth-order valence-corrected chi connectivity index (χ4v) is 2.60. The van der Waals surface area contributed by atoms with Gasteiger partial charge in [0.15, 0.2) is 11.6 Å². The molecule has 10 heteroatoms. The van der Waals surface area contributed by atoms with E-state index in [1.807, 2.05) is 0 Å². The number of nitrogens with two attached hydrogens (primary N) is 1. The third-order valence-corrected chi connectivity index (χ3v) is 3.55. The largest absolute Gasteiger partial charge is 0.480 e. The molecule has 1 aliphatic heterocycles. The van der Waals surface area contributed by atoms with Gasteiger partial charge in [-0.15, -0.1) is 11.8 Å². The fourth-order valence-electron chi connectivity index (χ4n) is 1.58. The first-order chi connectivity index (χ1) is 9.47. The van der Waals surface area contributed by atoms with E-state index in [4.69, 9.17) is 20.3 Å². The maximum absolute atomic E-state index is 13.3. The number of carboxylic acid groups (broad SMARTS) is 1. The molecule has 1 aromatic rings. The summed E-state index contributed by atoms with van der Waals surface area (Å²) in [5.74, 6) is -1.95. The molecule has 3 N–H and O–H groups in total. The number of nitrogens with zero attached hydrogens (tertiary/aromatic N) is 2. The van der Waals surface area contributed by atoms with Gasteiger partial charge in [0, 0.05) is 5.75 Å². The van der Waals surface area contributed by atoms with Crippen molar-refractivity contribution in [3.05, 3.63) is 22.5 Å². The molecule has 0 radical (unpaired) electrons. The number of rotatable bonds is 5. The van der Waals surface area contributed by atoms with Crippen molar-refractivity contribution in [2.45, 2.75) is 11.7 Å². The lowest BCUT2D eigenvalue weighted by Crippen LogP contribution is -2.30. The SMILES string of the molecule is Nc1nc(=O)n([C@H]2CS[C@@H](COCC(=O)O)O2)cc1F. The minimum atomic E-state index is -1.08. The lowest BCUT2D eigenvalue weighted by Gasteiger charge is -2.14. The summed E-state index contributed by atoms with van der Waals surface area (Å²) in [5, 5.41) is 8.43. The second-order valence-corrected chi connectivity index (χ2v) is 5.12. The molecule has 0 aromatic carbocycles. The molecule has 2 heterocycles. The highest BCUT2D eigenvalue weighted by Gasteiger charge is 2.28. The number of nitrogen functional groups attached to an aromatic ring is 1. The van der Waals surface area contributed by atoms with E-state index in [9.17, 15) is 14.0 Å². The van der Waals surface area contributed by atoms with Crippen LogP contribution in [0.25, 0.3) is 0 Å². The molecular weight excluding hydrogens is 293 g/mol. The highest BCUT2D eigenvalue weighted by Crippen LogP contribution is 2.31. The van der Waals surface area contributed by atoms with E-state index in [1.165, 1.54) is 11.8 Å². The van der Waals surface area contributed by atoms with Crippen LogP contribution in [0.1, 0.15) is 6.23 Å². The van der Waals surface area contributed by atoms with Crippen LogP contribution in [0.5, 0.6) is 0 Å². The van der Waals surface area contributed by atoms with Crippen LogP contribution < -0.4 is 11.4 Å². The molecule has 0 unspecified atom stereocenters. The number of hydrogen-bond acceptors (Lipinski definition) is 7. The van der Waals surface area contributed by atoms with E-state index in [1.54, 1.807) is 0 Å². The summed E-state index contributed by atoms with van der Waals surface area (Å²) >= 11 is 1.33. The van der Waals surface area contributed by atoms with Crippen molar-refractivity contribution in [3.8, 4) is 0 Å². The second kappa shape index (κ2) is 6.20. The summed E-state index contributed by atoms with van der Waals surface area (Å²) in [7, 11) is 0. The number of halogens is 1. The van der Waals surface area contributed by atoms with Crippen LogP contribution in [0.2, 0.25) is 0 Å². The smallest absolute Gasteiger partial charge is 0.351 e. The Bertz CT molecular complexity index is 566. The van der Waals surface area contributed by atoms with Crippen molar-refractivity contribution in [1.82, 2.24) is 9.55 Å². The number of aliphatic carboxylic acids is 1. The van der Waals surface area contributed by atoms with E-state index in [0.29, 0.717) is 5.75 Å². The summed E-state index contributed by atoms with van der Waals surface area (Å²) in [4.78, 5) is 25.2. The van der Waals surface area contributed by atoms with Crippen molar-refractivity contribution in [1.29, 1.82) is 0 Å². The Balaban J connectivity index is 1.97. The molecule has 0 amide bonds. The number of aromatic nitrogens is 2. The van der Waals surface area contributed by atoms with Crippen LogP contribution in [-0.2, 0) is 14.3 Å². The van der Waals surface area contributed by atoms with Crippen LogP contribution in [0, 0.1) is 5.82 Å². The third-order valence-electron chi connectivity index (χ3n) is 2.46. The van der Waals surface area contributed by atoms with Gasteiger partial charge in [0.25, 0.3) is 0 Å². The zero-order valence-electron chi connectivity index (χ0n) is 10.2. The van der Waals surface area contributed by atoms with E-state index in [2.05, 4.69) is 4.98 Å². The fraction of sp³-hybridized carbons (Fsp3) is 0.500. The van der Waals surface area contributed by atoms with E-state index >= 15 is 0 Å². The molecule has 0 bridgehead atoms. The number of carboxylic acids is 1. The van der Waals surface area contributed by atoms with Gasteiger partial charge in [0.2, 0.25) is 0 Å². The number of hydrogen-bond donors (Lipinski definition) is 2. The lowest BCUT2D eigenvalue weighted by molar-refractivity contribution is -0.143. The Kier molecular flexibility index (Phi) is 4.57. The Morgan fingerprint density at radius 3 is 3.20 bits per heavy atom. The molecule has 110 valence electrons. The van der Waals surface area contributed by atoms with Gasteiger partial charge in [-0.3, -0.25) is 4.57 Å². The van der Waals surface area contributed by atoms with Crippen molar-refractivity contribution in [3.63, 3.8) is 0 Å². The quantitative estimate of drug-likeness (QED) is 0.758. The number of carbonyl (C=O) groups is 1. The first-order valence-electron chi connectivity index (χ1n) is 5.58. The third kappa shape index (κ3) is 3.46. The molecule has 1 aliphatic rings. The second-order valence-electron chi connectivity index (χ2n) is 3.93. The minimum absolute atomic E-state index is 0.0626. The molecule has 1 aromatic heterocycles. The van der Waals surface area contributed by atoms with Crippen LogP contribution >= 0.6 is 11.8 Å². The van der Waals surface area contributed by atoms with Crippen LogP contribution in [0.3, 0.4) is 0 Å². The Morgan fingerprint density at radius 2 is 2.50 bits per heavy atom. The van der Waals surface area contributed by atoms with Gasteiger partial charge in [0.1, 0.15) is 18.3 Å². The van der Waals surface area contributed by atoms with Crippen molar-refractivity contribution < 1.29 is 23.8 Å². The van der Waals surface area contributed by atoms with Gasteiger partial charge in [0.05, 0.1) is 12.8 Å². The number of anilines is 1. The lowest BCUT2D eigenvalue weighted by atomic mass is 10.5. The van der Waals surface area contributed by atoms with Crippen LogP contribution in [0.4, 0.5) is 10.2 Å². The summed E-state index contributed by atoms with van der Waals surface area (Å²) in [6.45, 7) is -0.365. The summed E-state index contributed by atoms with van der Waals surface area (Å²) in [6.07, 6.45) is 0.254. The average Bonchev–Trinajstić information content (AvgIpc) is 2.82. The van der Waals surface area contributed by atoms with Gasteiger partial charge in [-0.1, -0.05) is 0 Å². The Morgan fingerprint density at radius 1 is 1.75 bits per heavy atom. The normalized spacial score (nSPS) is 22.1. The van der Waals surface area contributed by atoms with Gasteiger partial charge in [-0.2, -0.15) is 4.98 Å². The van der Waals surface area contributed by atoms with Crippen molar-refractivity contribution in [2.24, 2.45) is 0 Å². The first-order valence-corrected chi connectivity index (χ1v) is 6.63. The summed E-state index contributed by atoms with van der Waals surface area (Å²) in [5.41, 5.74) is 4.06. The van der Waals surface area contributed by atoms with Crippen molar-refractivity contribution >= 4 is 23.5 Å². The molecular formula is C10H12FN3O5S. The Labute approximate surface area is 116 Å². The summed E-state index contributed by atoms with van der Waals surface area (Å²) in [6, 6.07) is 0. The van der Waals surface area contributed by atoms with Gasteiger partial charge in [-0.25, -0.2) is 14.0 Å². The average molecular weight is 305 g/mol. The molecule has 20 heavy (non-hydrogen) atoms. The van der Waals surface area contributed by atoms with Gasteiger partial charge < -0.3 is 20.3 Å². The van der Waals surface area contributed by atoms with Crippen molar-refractivity contribution in [2.75, 3.05) is 24.7 Å². The van der Waals surface area contributed by atoms with E-state index < -0.39 is 41.6 Å². The molecule has 0 aliphatic carbocycles. The van der Waals surface area contributed by atoms with E-state index in [-0.39, 0.29) is 6.61 Å². The molecule has 0 spiro atoms. The molecule has 1 saturated heterocycles. The molecule has 0 saturated carbocycles. The van der Waals surface area contributed by atoms with Gasteiger partial charge >= 0.3 is 11.7 Å². The maximum Gasteiger partial charge on any atom is 0.351 e. The minimum Gasteiger partial charge on any atom is -0.480 e. The predicted molar refractivity (Wildman–Crippen MR) is 67.7 cm³/mol. The predicted octanol–water partition coefficient (Wildman–Crippen LogP) is -0.346. The van der Waals surface area contributed by atoms with E-state index in [0.717, 1.165) is 10.8 Å². The monoisotopic (exact) mass is 305 g/mol. The topological polar surface area (TPSA) is 117 Å².